The number of benzene rings is 2. The molecule has 23 heavy (non-hydrogen) atoms. The van der Waals surface area contributed by atoms with Crippen molar-refractivity contribution in [1.82, 2.24) is 10.2 Å². The Labute approximate surface area is 152 Å². The van der Waals surface area contributed by atoms with Gasteiger partial charge in [-0.1, -0.05) is 48.0 Å². The van der Waals surface area contributed by atoms with Crippen LogP contribution in [0.25, 0.3) is 6.08 Å². The number of amides is 3. The van der Waals surface area contributed by atoms with Gasteiger partial charge in [0.15, 0.2) is 0 Å². The van der Waals surface area contributed by atoms with Gasteiger partial charge >= 0.3 is 6.03 Å². The van der Waals surface area contributed by atoms with E-state index >= 15 is 0 Å². The predicted molar refractivity (Wildman–Crippen MR) is 97.7 cm³/mol. The van der Waals surface area contributed by atoms with Crippen molar-refractivity contribution < 1.29 is 9.59 Å². The smallest absolute Gasteiger partial charge is 0.303 e. The van der Waals surface area contributed by atoms with E-state index < -0.39 is 6.03 Å². The van der Waals surface area contributed by atoms with E-state index in [1.165, 1.54) is 0 Å². The molecular weight excluding hydrogens is 427 g/mol. The summed E-state index contributed by atoms with van der Waals surface area (Å²) in [6.45, 7) is 0.146. The topological polar surface area (TPSA) is 49.4 Å². The Kier molecular flexibility index (Phi) is 4.68. The van der Waals surface area contributed by atoms with Gasteiger partial charge < -0.3 is 5.32 Å². The molecule has 3 rings (SSSR count). The molecule has 0 saturated carbocycles. The van der Waals surface area contributed by atoms with Crippen LogP contribution in [0.5, 0.6) is 0 Å². The van der Waals surface area contributed by atoms with Crippen molar-refractivity contribution in [3.63, 3.8) is 0 Å². The van der Waals surface area contributed by atoms with Gasteiger partial charge in [-0.05, 0) is 51.9 Å². The number of nitrogens with zero attached hydrogens (tertiary/aromatic N) is 1. The van der Waals surface area contributed by atoms with Crippen molar-refractivity contribution >= 4 is 52.2 Å². The summed E-state index contributed by atoms with van der Waals surface area (Å²) in [4.78, 5) is 25.7. The highest BCUT2D eigenvalue weighted by Gasteiger charge is 2.33. The van der Waals surface area contributed by atoms with Crippen LogP contribution in [0, 0.1) is 3.57 Å². The van der Waals surface area contributed by atoms with Crippen molar-refractivity contribution in [2.24, 2.45) is 0 Å². The first kappa shape index (κ1) is 16.0. The summed E-state index contributed by atoms with van der Waals surface area (Å²) in [7, 11) is 0. The average molecular weight is 439 g/mol. The molecule has 1 aliphatic heterocycles. The lowest BCUT2D eigenvalue weighted by molar-refractivity contribution is -0.123. The van der Waals surface area contributed by atoms with Gasteiger partial charge in [0.1, 0.15) is 5.70 Å². The van der Waals surface area contributed by atoms with Gasteiger partial charge in [-0.3, -0.25) is 9.69 Å². The Morgan fingerprint density at radius 1 is 1.09 bits per heavy atom. The van der Waals surface area contributed by atoms with Gasteiger partial charge in [0.2, 0.25) is 0 Å². The van der Waals surface area contributed by atoms with E-state index in [9.17, 15) is 9.59 Å². The molecule has 116 valence electrons. The molecule has 0 unspecified atom stereocenters. The maximum absolute atomic E-state index is 12.5. The lowest BCUT2D eigenvalue weighted by atomic mass is 10.2. The van der Waals surface area contributed by atoms with Crippen molar-refractivity contribution in [1.29, 1.82) is 0 Å². The molecule has 1 aliphatic rings. The molecule has 4 nitrogen and oxygen atoms in total. The minimum Gasteiger partial charge on any atom is -0.303 e. The van der Waals surface area contributed by atoms with Crippen molar-refractivity contribution in [2.45, 2.75) is 6.54 Å². The molecule has 2 aromatic carbocycles. The number of imide groups is 1. The summed E-state index contributed by atoms with van der Waals surface area (Å²) >= 11 is 8.29. The lowest BCUT2D eigenvalue weighted by Gasteiger charge is -2.12. The monoisotopic (exact) mass is 438 g/mol. The quantitative estimate of drug-likeness (QED) is 0.447. The summed E-state index contributed by atoms with van der Waals surface area (Å²) in [6.07, 6.45) is 1.69. The molecular formula is C17H12ClIN2O2. The molecule has 0 aliphatic carbocycles. The van der Waals surface area contributed by atoms with Crippen LogP contribution in [-0.4, -0.2) is 16.8 Å². The van der Waals surface area contributed by atoms with Gasteiger partial charge in [0, 0.05) is 8.59 Å². The Morgan fingerprint density at radius 2 is 1.78 bits per heavy atom. The van der Waals surface area contributed by atoms with Crippen LogP contribution in [0.1, 0.15) is 11.1 Å². The number of carbonyl (C=O) groups excluding carboxylic acids is 2. The first-order chi connectivity index (χ1) is 11.1. The highest BCUT2D eigenvalue weighted by molar-refractivity contribution is 14.1. The average Bonchev–Trinajstić information content (AvgIpc) is 2.79. The molecule has 0 bridgehead atoms. The summed E-state index contributed by atoms with van der Waals surface area (Å²) < 4.78 is 1.00. The minimum atomic E-state index is -0.438. The number of hydrogen-bond acceptors (Lipinski definition) is 2. The molecule has 6 heteroatoms. The second-order valence-corrected chi connectivity index (χ2v) is 6.56. The molecule has 0 aromatic heterocycles. The maximum Gasteiger partial charge on any atom is 0.329 e. The normalized spacial score (nSPS) is 16.1. The van der Waals surface area contributed by atoms with Crippen LogP contribution in [-0.2, 0) is 11.3 Å². The standard InChI is InChI=1S/C17H12ClIN2O2/c18-13-7-3-1-6-12(13)10-21-16(22)15(20-17(21)23)9-11-5-2-4-8-14(11)19/h1-9H,10H2,(H,20,23)/b15-9-. The first-order valence-corrected chi connectivity index (χ1v) is 8.34. The number of urea groups is 1. The van der Waals surface area contributed by atoms with Gasteiger partial charge in [-0.25, -0.2) is 4.79 Å². The Hall–Kier alpha value is -1.86. The summed E-state index contributed by atoms with van der Waals surface area (Å²) in [5, 5.41) is 3.15. The third kappa shape index (κ3) is 3.40. The van der Waals surface area contributed by atoms with Gasteiger partial charge in [0.05, 0.1) is 6.54 Å². The van der Waals surface area contributed by atoms with Crippen LogP contribution >= 0.6 is 34.2 Å². The number of halogens is 2. The Balaban J connectivity index is 1.86. The SMILES string of the molecule is O=C1N/C(=C\c2ccccc2I)C(=O)N1Cc1ccccc1Cl. The Bertz CT molecular complexity index is 820. The zero-order valence-electron chi connectivity index (χ0n) is 11.9. The Morgan fingerprint density at radius 3 is 2.52 bits per heavy atom. The molecule has 0 spiro atoms. The van der Waals surface area contributed by atoms with E-state index in [0.29, 0.717) is 5.02 Å². The van der Waals surface area contributed by atoms with E-state index in [2.05, 4.69) is 27.9 Å². The minimum absolute atomic E-state index is 0.146. The van der Waals surface area contributed by atoms with E-state index in [1.807, 2.05) is 30.3 Å². The number of hydrogen-bond donors (Lipinski definition) is 1. The predicted octanol–water partition coefficient (Wildman–Crippen LogP) is 4.04. The summed E-state index contributed by atoms with van der Waals surface area (Å²) in [5.74, 6) is -0.352. The van der Waals surface area contributed by atoms with Crippen LogP contribution in [0.15, 0.2) is 54.2 Å². The largest absolute Gasteiger partial charge is 0.329 e. The highest BCUT2D eigenvalue weighted by atomic mass is 127. The van der Waals surface area contributed by atoms with E-state index in [0.717, 1.165) is 19.6 Å². The lowest BCUT2D eigenvalue weighted by Crippen LogP contribution is -2.30. The molecule has 0 radical (unpaired) electrons. The molecule has 1 N–H and O–H groups in total. The third-order valence-electron chi connectivity index (χ3n) is 3.45. The van der Waals surface area contributed by atoms with Crippen LogP contribution in [0.4, 0.5) is 4.79 Å². The highest BCUT2D eigenvalue weighted by Crippen LogP contribution is 2.22. The maximum atomic E-state index is 12.5. The third-order valence-corrected chi connectivity index (χ3v) is 4.80. The van der Waals surface area contributed by atoms with Crippen molar-refractivity contribution in [2.75, 3.05) is 0 Å². The fourth-order valence-corrected chi connectivity index (χ4v) is 3.00. The van der Waals surface area contributed by atoms with E-state index in [-0.39, 0.29) is 18.1 Å². The molecule has 1 fully saturated rings. The van der Waals surface area contributed by atoms with Gasteiger partial charge in [0.25, 0.3) is 5.91 Å². The second-order valence-electron chi connectivity index (χ2n) is 4.99. The molecule has 2 aromatic rings. The zero-order valence-corrected chi connectivity index (χ0v) is 14.8. The second kappa shape index (κ2) is 6.72. The first-order valence-electron chi connectivity index (χ1n) is 6.89. The van der Waals surface area contributed by atoms with Crippen LogP contribution in [0.3, 0.4) is 0 Å². The fourth-order valence-electron chi connectivity index (χ4n) is 2.26. The summed E-state index contributed by atoms with van der Waals surface area (Å²) in [5.41, 5.74) is 1.88. The number of rotatable bonds is 3. The van der Waals surface area contributed by atoms with Gasteiger partial charge in [-0.2, -0.15) is 0 Å². The van der Waals surface area contributed by atoms with E-state index in [4.69, 9.17) is 11.6 Å². The fraction of sp³-hybridized carbons (Fsp3) is 0.0588. The van der Waals surface area contributed by atoms with Crippen LogP contribution < -0.4 is 5.32 Å². The van der Waals surface area contributed by atoms with E-state index in [1.54, 1.807) is 24.3 Å². The number of nitrogens with one attached hydrogen (secondary N) is 1. The van der Waals surface area contributed by atoms with Crippen LogP contribution in [0.2, 0.25) is 5.02 Å². The van der Waals surface area contributed by atoms with Gasteiger partial charge in [-0.15, -0.1) is 0 Å². The zero-order chi connectivity index (χ0) is 16.4. The van der Waals surface area contributed by atoms with Crippen molar-refractivity contribution in [3.8, 4) is 0 Å². The molecule has 0 atom stereocenters. The molecule has 1 saturated heterocycles. The van der Waals surface area contributed by atoms with Crippen molar-refractivity contribution in [3.05, 3.63) is 73.9 Å². The number of carbonyl (C=O) groups is 2. The summed E-state index contributed by atoms with van der Waals surface area (Å²) in [6, 6.07) is 14.4. The molecule has 3 amide bonds. The molecule has 1 heterocycles.